The molecule has 4 aromatic rings. The Kier molecular flexibility index (Phi) is 9.33. The molecule has 0 fully saturated rings. The van der Waals surface area contributed by atoms with Crippen molar-refractivity contribution < 1.29 is 8.81 Å². The van der Waals surface area contributed by atoms with Crippen LogP contribution in [-0.4, -0.2) is 0 Å². The van der Waals surface area contributed by atoms with Crippen molar-refractivity contribution in [3.8, 4) is 11.1 Å². The molecule has 0 N–H and O–H groups in total. The highest BCUT2D eigenvalue weighted by atomic mass is 19.1. The molecule has 0 aliphatic rings. The summed E-state index contributed by atoms with van der Waals surface area (Å²) in [7, 11) is 0. The largest absolute Gasteiger partial charge is 0.419 e. The summed E-state index contributed by atoms with van der Waals surface area (Å²) in [5.74, 6) is -0.388. The van der Waals surface area contributed by atoms with E-state index in [9.17, 15) is 4.79 Å². The quantitative estimate of drug-likeness (QED) is 0.107. The zero-order valence-electron chi connectivity index (χ0n) is 21.9. The fourth-order valence-electron chi connectivity index (χ4n) is 5.07. The Labute approximate surface area is 214 Å². The number of benzene rings is 3. The molecule has 1 aromatic heterocycles. The van der Waals surface area contributed by atoms with Crippen molar-refractivity contribution in [2.45, 2.75) is 90.9 Å². The number of halogens is 1. The topological polar surface area (TPSA) is 30.2 Å². The van der Waals surface area contributed by atoms with E-state index in [2.05, 4.69) is 38.1 Å². The van der Waals surface area contributed by atoms with E-state index in [-0.39, 0.29) is 11.4 Å². The summed E-state index contributed by atoms with van der Waals surface area (Å²) >= 11 is 0. The smallest absolute Gasteiger partial charge is 0.344 e. The third-order valence-corrected chi connectivity index (χ3v) is 7.31. The summed E-state index contributed by atoms with van der Waals surface area (Å²) in [5.41, 5.74) is 3.58. The molecule has 0 radical (unpaired) electrons. The summed E-state index contributed by atoms with van der Waals surface area (Å²) in [6, 6.07) is 18.1. The first kappa shape index (κ1) is 26.1. The maximum absolute atomic E-state index is 15.3. The average Bonchev–Trinajstić information content (AvgIpc) is 2.90. The van der Waals surface area contributed by atoms with Crippen LogP contribution in [0.3, 0.4) is 0 Å². The van der Waals surface area contributed by atoms with Crippen LogP contribution in [0.15, 0.2) is 63.8 Å². The van der Waals surface area contributed by atoms with Gasteiger partial charge < -0.3 is 4.42 Å². The van der Waals surface area contributed by atoms with Crippen LogP contribution in [-0.2, 0) is 12.8 Å². The van der Waals surface area contributed by atoms with Crippen molar-refractivity contribution in [2.24, 2.45) is 0 Å². The number of rotatable bonds is 13. The van der Waals surface area contributed by atoms with E-state index in [1.807, 2.05) is 30.3 Å². The number of hydrogen-bond donors (Lipinski definition) is 0. The minimum atomic E-state index is -0.484. The summed E-state index contributed by atoms with van der Waals surface area (Å²) in [5, 5.41) is 1.88. The van der Waals surface area contributed by atoms with Gasteiger partial charge in [0.15, 0.2) is 11.4 Å². The zero-order valence-corrected chi connectivity index (χ0v) is 21.9. The van der Waals surface area contributed by atoms with E-state index < -0.39 is 5.63 Å². The van der Waals surface area contributed by atoms with Gasteiger partial charge in [-0.1, -0.05) is 114 Å². The normalized spacial score (nSPS) is 11.5. The number of unbranched alkanes of at least 4 members (excludes halogenated alkanes) is 8. The van der Waals surface area contributed by atoms with Gasteiger partial charge in [0, 0.05) is 10.8 Å². The Morgan fingerprint density at radius 2 is 1.28 bits per heavy atom. The molecule has 4 rings (SSSR count). The Bertz CT molecular complexity index is 1330. The van der Waals surface area contributed by atoms with Crippen molar-refractivity contribution in [2.75, 3.05) is 0 Å². The molecular weight excluding hydrogens is 447 g/mol. The molecule has 36 heavy (non-hydrogen) atoms. The van der Waals surface area contributed by atoms with Crippen LogP contribution < -0.4 is 5.63 Å². The maximum Gasteiger partial charge on any atom is 0.344 e. The Hall–Kier alpha value is -2.94. The predicted octanol–water partition coefficient (Wildman–Crippen LogP) is 9.78. The molecule has 3 heteroatoms. The van der Waals surface area contributed by atoms with E-state index in [0.717, 1.165) is 35.8 Å². The van der Waals surface area contributed by atoms with Gasteiger partial charge in [0.1, 0.15) is 0 Å². The first-order valence-corrected chi connectivity index (χ1v) is 13.9. The van der Waals surface area contributed by atoms with Gasteiger partial charge in [-0.2, -0.15) is 0 Å². The molecule has 0 aliphatic carbocycles. The van der Waals surface area contributed by atoms with Gasteiger partial charge in [0.05, 0.1) is 5.39 Å². The molecule has 0 saturated heterocycles. The molecule has 0 bridgehead atoms. The molecular formula is C33H39FO2. The van der Waals surface area contributed by atoms with Crippen molar-refractivity contribution in [1.82, 2.24) is 0 Å². The van der Waals surface area contributed by atoms with Crippen LogP contribution in [0.25, 0.3) is 32.9 Å². The SMILES string of the molecule is CCCCCCCCCCc1ccc2c(oc(=O)c3cc(-c4ccc(CCCC)cc4)ccc32)c1F. The van der Waals surface area contributed by atoms with Gasteiger partial charge in [-0.3, -0.25) is 0 Å². The third-order valence-electron chi connectivity index (χ3n) is 7.31. The van der Waals surface area contributed by atoms with Crippen LogP contribution in [0.1, 0.15) is 89.2 Å². The maximum atomic E-state index is 15.3. The molecule has 190 valence electrons. The van der Waals surface area contributed by atoms with E-state index in [1.54, 1.807) is 0 Å². The molecule has 3 aromatic carbocycles. The standard InChI is InChI=1S/C33H39FO2/c1-3-5-7-8-9-10-11-12-14-26-19-22-29-28-21-20-27(23-30(28)33(35)36-32(29)31(26)34)25-17-15-24(16-18-25)13-6-4-2/h15-23H,3-14H2,1-2H3. The molecule has 0 amide bonds. The minimum absolute atomic E-state index is 0.0811. The highest BCUT2D eigenvalue weighted by Gasteiger charge is 2.15. The van der Waals surface area contributed by atoms with Crippen molar-refractivity contribution >= 4 is 21.7 Å². The lowest BCUT2D eigenvalue weighted by Gasteiger charge is -2.10. The third kappa shape index (κ3) is 6.24. The summed E-state index contributed by atoms with van der Waals surface area (Å²) in [6.45, 7) is 4.43. The average molecular weight is 487 g/mol. The van der Waals surface area contributed by atoms with Gasteiger partial charge >= 0.3 is 5.63 Å². The van der Waals surface area contributed by atoms with Gasteiger partial charge in [0.25, 0.3) is 0 Å². The minimum Gasteiger partial charge on any atom is -0.419 e. The van der Waals surface area contributed by atoms with Crippen LogP contribution in [0.4, 0.5) is 4.39 Å². The Morgan fingerprint density at radius 1 is 0.639 bits per heavy atom. The Morgan fingerprint density at radius 3 is 2.00 bits per heavy atom. The lowest BCUT2D eigenvalue weighted by molar-refractivity contribution is 0.520. The first-order valence-electron chi connectivity index (χ1n) is 13.9. The van der Waals surface area contributed by atoms with Gasteiger partial charge in [0.2, 0.25) is 0 Å². The second-order valence-corrected chi connectivity index (χ2v) is 10.1. The highest BCUT2D eigenvalue weighted by molar-refractivity contribution is 6.05. The Balaban J connectivity index is 1.51. The second-order valence-electron chi connectivity index (χ2n) is 10.1. The number of aryl methyl sites for hydroxylation is 2. The van der Waals surface area contributed by atoms with Gasteiger partial charge in [-0.15, -0.1) is 0 Å². The molecule has 0 atom stereocenters. The monoisotopic (exact) mass is 486 g/mol. The lowest BCUT2D eigenvalue weighted by Crippen LogP contribution is -2.03. The van der Waals surface area contributed by atoms with E-state index in [1.165, 1.54) is 56.9 Å². The second kappa shape index (κ2) is 12.9. The number of fused-ring (bicyclic) bond motifs is 3. The van der Waals surface area contributed by atoms with E-state index >= 15 is 4.39 Å². The molecule has 0 unspecified atom stereocenters. The predicted molar refractivity (Wildman–Crippen MR) is 150 cm³/mol. The van der Waals surface area contributed by atoms with E-state index in [4.69, 9.17) is 4.42 Å². The van der Waals surface area contributed by atoms with Crippen LogP contribution >= 0.6 is 0 Å². The van der Waals surface area contributed by atoms with Crippen LogP contribution in [0.5, 0.6) is 0 Å². The van der Waals surface area contributed by atoms with Crippen molar-refractivity contribution in [3.05, 3.63) is 82.0 Å². The zero-order chi connectivity index (χ0) is 25.3. The summed E-state index contributed by atoms with van der Waals surface area (Å²) in [4.78, 5) is 12.9. The summed E-state index contributed by atoms with van der Waals surface area (Å²) < 4.78 is 20.9. The molecule has 0 spiro atoms. The lowest BCUT2D eigenvalue weighted by atomic mass is 9.97. The van der Waals surface area contributed by atoms with Crippen molar-refractivity contribution in [1.29, 1.82) is 0 Å². The van der Waals surface area contributed by atoms with Gasteiger partial charge in [-0.05, 0) is 54.0 Å². The van der Waals surface area contributed by atoms with Gasteiger partial charge in [-0.25, -0.2) is 9.18 Å². The molecule has 0 aliphatic heterocycles. The van der Waals surface area contributed by atoms with E-state index in [0.29, 0.717) is 22.8 Å². The fourth-order valence-corrected chi connectivity index (χ4v) is 5.07. The van der Waals surface area contributed by atoms with Crippen molar-refractivity contribution in [3.63, 3.8) is 0 Å². The first-order chi connectivity index (χ1) is 17.6. The number of hydrogen-bond acceptors (Lipinski definition) is 2. The highest BCUT2D eigenvalue weighted by Crippen LogP contribution is 2.30. The van der Waals surface area contributed by atoms with Crippen LogP contribution in [0.2, 0.25) is 0 Å². The fraction of sp³-hybridized carbons (Fsp3) is 0.424. The van der Waals surface area contributed by atoms with Crippen LogP contribution in [0, 0.1) is 5.82 Å². The summed E-state index contributed by atoms with van der Waals surface area (Å²) in [6.07, 6.45) is 13.8. The molecule has 2 nitrogen and oxygen atoms in total. The molecule has 0 saturated carbocycles. The molecule has 1 heterocycles.